The van der Waals surface area contributed by atoms with E-state index in [1.165, 1.54) is 12.1 Å². The van der Waals surface area contributed by atoms with Gasteiger partial charge in [0.2, 0.25) is 0 Å². The van der Waals surface area contributed by atoms with Crippen LogP contribution in [0.1, 0.15) is 26.3 Å². The Hall–Kier alpha value is -0.640. The first-order valence-corrected chi connectivity index (χ1v) is 5.67. The second-order valence-corrected chi connectivity index (χ2v) is 3.68. The van der Waals surface area contributed by atoms with Crippen molar-refractivity contribution < 1.29 is 13.2 Å². The highest BCUT2D eigenvalue weighted by molar-refractivity contribution is 8.00. The fourth-order valence-electron chi connectivity index (χ4n) is 0.927. The fraction of sp³-hybridized carbons (Fsp3) is 0.455. The summed E-state index contributed by atoms with van der Waals surface area (Å²) < 4.78 is 35.7. The molecule has 0 bridgehead atoms. The molecule has 1 rings (SSSR count). The summed E-state index contributed by atoms with van der Waals surface area (Å²) in [5.41, 5.74) is -3.14. The van der Waals surface area contributed by atoms with Crippen LogP contribution in [-0.4, -0.2) is 5.51 Å². The molecule has 0 radical (unpaired) electrons. The summed E-state index contributed by atoms with van der Waals surface area (Å²) in [7, 11) is 0. The molecule has 0 saturated heterocycles. The topological polar surface area (TPSA) is 0 Å². The predicted octanol–water partition coefficient (Wildman–Crippen LogP) is 4.89. The van der Waals surface area contributed by atoms with Gasteiger partial charge >= 0.3 is 5.51 Å². The minimum atomic E-state index is -4.19. The van der Waals surface area contributed by atoms with E-state index in [9.17, 15) is 13.2 Å². The number of hydrogen-bond donors (Lipinski definition) is 0. The molecule has 0 aliphatic carbocycles. The number of benzene rings is 1. The SMILES string of the molecule is CC.CCc1ccc(SC(F)(F)F)cc1. The van der Waals surface area contributed by atoms with Crippen LogP contribution in [0, 0.1) is 0 Å². The monoisotopic (exact) mass is 236 g/mol. The zero-order valence-corrected chi connectivity index (χ0v) is 9.88. The molecule has 0 N–H and O–H groups in total. The van der Waals surface area contributed by atoms with Crippen LogP contribution in [0.15, 0.2) is 29.2 Å². The molecular weight excluding hydrogens is 221 g/mol. The second-order valence-electron chi connectivity index (χ2n) is 2.55. The Kier molecular flexibility index (Phi) is 6.48. The largest absolute Gasteiger partial charge is 0.446 e. The van der Waals surface area contributed by atoms with Gasteiger partial charge in [0.1, 0.15) is 0 Å². The first-order chi connectivity index (χ1) is 7.01. The normalized spacial score (nSPS) is 10.5. The molecule has 0 spiro atoms. The third kappa shape index (κ3) is 6.44. The van der Waals surface area contributed by atoms with Crippen LogP contribution in [0.2, 0.25) is 0 Å². The standard InChI is InChI=1S/C9H9F3S.C2H6/c1-2-7-3-5-8(6-4-7)13-9(10,11)12;1-2/h3-6H,2H2,1H3;1-2H3. The summed E-state index contributed by atoms with van der Waals surface area (Å²) >= 11 is -0.0801. The van der Waals surface area contributed by atoms with Crippen molar-refractivity contribution in [3.05, 3.63) is 29.8 Å². The van der Waals surface area contributed by atoms with Gasteiger partial charge in [-0.1, -0.05) is 32.9 Å². The molecule has 0 amide bonds. The molecule has 0 heterocycles. The number of halogens is 3. The van der Waals surface area contributed by atoms with Crippen molar-refractivity contribution in [3.63, 3.8) is 0 Å². The summed E-state index contributed by atoms with van der Waals surface area (Å²) in [6.45, 7) is 5.96. The molecule has 4 heteroatoms. The first-order valence-electron chi connectivity index (χ1n) is 4.86. The van der Waals surface area contributed by atoms with Crippen LogP contribution in [0.5, 0.6) is 0 Å². The quantitative estimate of drug-likeness (QED) is 0.659. The van der Waals surface area contributed by atoms with Crippen molar-refractivity contribution in [2.75, 3.05) is 0 Å². The average Bonchev–Trinajstić information content (AvgIpc) is 2.20. The fourth-order valence-corrected chi connectivity index (χ4v) is 1.47. The summed E-state index contributed by atoms with van der Waals surface area (Å²) in [6.07, 6.45) is 0.844. The van der Waals surface area contributed by atoms with Crippen LogP contribution < -0.4 is 0 Å². The van der Waals surface area contributed by atoms with Crippen LogP contribution in [-0.2, 0) is 6.42 Å². The van der Waals surface area contributed by atoms with E-state index in [4.69, 9.17) is 0 Å². The van der Waals surface area contributed by atoms with E-state index < -0.39 is 5.51 Å². The highest BCUT2D eigenvalue weighted by Crippen LogP contribution is 2.36. The van der Waals surface area contributed by atoms with Crippen molar-refractivity contribution in [3.8, 4) is 0 Å². The van der Waals surface area contributed by atoms with Crippen molar-refractivity contribution in [1.29, 1.82) is 0 Å². The van der Waals surface area contributed by atoms with Crippen LogP contribution >= 0.6 is 11.8 Å². The molecule has 0 aliphatic rings. The number of hydrogen-bond acceptors (Lipinski definition) is 1. The zero-order valence-electron chi connectivity index (χ0n) is 9.06. The van der Waals surface area contributed by atoms with E-state index in [0.717, 1.165) is 12.0 Å². The van der Waals surface area contributed by atoms with Gasteiger partial charge in [0.05, 0.1) is 0 Å². The third-order valence-corrected chi connectivity index (χ3v) is 2.30. The van der Waals surface area contributed by atoms with E-state index in [2.05, 4.69) is 0 Å². The van der Waals surface area contributed by atoms with Crippen molar-refractivity contribution >= 4 is 11.8 Å². The molecule has 1 aromatic carbocycles. The molecule has 0 fully saturated rings. The van der Waals surface area contributed by atoms with Gasteiger partial charge in [-0.3, -0.25) is 0 Å². The Morgan fingerprint density at radius 1 is 1.07 bits per heavy atom. The molecule has 0 nitrogen and oxygen atoms in total. The Bertz CT molecular complexity index is 264. The Morgan fingerprint density at radius 3 is 1.87 bits per heavy atom. The zero-order chi connectivity index (χ0) is 11.9. The third-order valence-electron chi connectivity index (χ3n) is 1.57. The van der Waals surface area contributed by atoms with Crippen LogP contribution in [0.3, 0.4) is 0 Å². The van der Waals surface area contributed by atoms with Gasteiger partial charge in [-0.25, -0.2) is 0 Å². The van der Waals surface area contributed by atoms with E-state index in [1.807, 2.05) is 20.8 Å². The van der Waals surface area contributed by atoms with Crippen molar-refractivity contribution in [1.82, 2.24) is 0 Å². The lowest BCUT2D eigenvalue weighted by atomic mass is 10.2. The molecule has 0 atom stereocenters. The van der Waals surface area contributed by atoms with E-state index >= 15 is 0 Å². The van der Waals surface area contributed by atoms with Gasteiger partial charge in [0.25, 0.3) is 0 Å². The van der Waals surface area contributed by atoms with Crippen molar-refractivity contribution in [2.45, 2.75) is 37.6 Å². The number of alkyl halides is 3. The van der Waals surface area contributed by atoms with E-state index in [-0.39, 0.29) is 16.7 Å². The summed E-state index contributed by atoms with van der Waals surface area (Å²) in [6, 6.07) is 6.43. The molecule has 0 unspecified atom stereocenters. The highest BCUT2D eigenvalue weighted by Gasteiger charge is 2.28. The highest BCUT2D eigenvalue weighted by atomic mass is 32.2. The molecular formula is C11H15F3S. The van der Waals surface area contributed by atoms with E-state index in [0.29, 0.717) is 0 Å². The number of rotatable bonds is 2. The molecule has 86 valence electrons. The maximum Gasteiger partial charge on any atom is 0.446 e. The smallest absolute Gasteiger partial charge is 0.160 e. The minimum Gasteiger partial charge on any atom is -0.160 e. The number of aryl methyl sites for hydroxylation is 1. The average molecular weight is 236 g/mol. The Balaban J connectivity index is 0.000000921. The Labute approximate surface area is 92.9 Å². The maximum absolute atomic E-state index is 11.9. The lowest BCUT2D eigenvalue weighted by molar-refractivity contribution is -0.0328. The number of thioether (sulfide) groups is 1. The molecule has 15 heavy (non-hydrogen) atoms. The predicted molar refractivity (Wildman–Crippen MR) is 59.1 cm³/mol. The molecule has 1 aromatic rings. The van der Waals surface area contributed by atoms with E-state index in [1.54, 1.807) is 12.1 Å². The summed E-state index contributed by atoms with van der Waals surface area (Å²) in [5.74, 6) is 0. The van der Waals surface area contributed by atoms with Gasteiger partial charge < -0.3 is 0 Å². The van der Waals surface area contributed by atoms with Gasteiger partial charge in [0.15, 0.2) is 0 Å². The van der Waals surface area contributed by atoms with Gasteiger partial charge in [-0.15, -0.1) is 0 Å². The van der Waals surface area contributed by atoms with Crippen LogP contribution in [0.4, 0.5) is 13.2 Å². The summed E-state index contributed by atoms with van der Waals surface area (Å²) in [5, 5.41) is 0. The minimum absolute atomic E-state index is 0.0801. The summed E-state index contributed by atoms with van der Waals surface area (Å²) in [4.78, 5) is 0.240. The maximum atomic E-state index is 11.9. The van der Waals surface area contributed by atoms with Crippen molar-refractivity contribution in [2.24, 2.45) is 0 Å². The molecule has 0 aliphatic heterocycles. The molecule has 0 aromatic heterocycles. The van der Waals surface area contributed by atoms with Gasteiger partial charge in [0, 0.05) is 4.90 Å². The Morgan fingerprint density at radius 2 is 1.53 bits per heavy atom. The van der Waals surface area contributed by atoms with Crippen LogP contribution in [0.25, 0.3) is 0 Å². The second kappa shape index (κ2) is 6.77. The lowest BCUT2D eigenvalue weighted by Crippen LogP contribution is -1.98. The lowest BCUT2D eigenvalue weighted by Gasteiger charge is -2.05. The molecule has 0 saturated carbocycles. The first kappa shape index (κ1) is 14.4. The van der Waals surface area contributed by atoms with Gasteiger partial charge in [-0.2, -0.15) is 13.2 Å². The van der Waals surface area contributed by atoms with Gasteiger partial charge in [-0.05, 0) is 35.9 Å².